The third kappa shape index (κ3) is 3.10. The number of hydrogen-bond acceptors (Lipinski definition) is 5. The number of aromatic nitrogens is 3. The van der Waals surface area contributed by atoms with E-state index in [1.165, 1.54) is 11.9 Å². The Balaban J connectivity index is 1.56. The molecule has 2 heterocycles. The number of carbonyl (C=O) groups excluding carboxylic acids is 1. The Bertz CT molecular complexity index is 1070. The zero-order valence-electron chi connectivity index (χ0n) is 16.2. The monoisotopic (exact) mass is 386 g/mol. The Morgan fingerprint density at radius 1 is 1.07 bits per heavy atom. The normalized spacial score (nSPS) is 20.7. The molecule has 0 unspecified atom stereocenters. The molecule has 0 saturated heterocycles. The molecule has 1 aliphatic carbocycles. The van der Waals surface area contributed by atoms with E-state index in [0.717, 1.165) is 29.0 Å². The molecule has 0 spiro atoms. The van der Waals surface area contributed by atoms with E-state index < -0.39 is 0 Å². The lowest BCUT2D eigenvalue weighted by Gasteiger charge is -2.35. The molecule has 6 nitrogen and oxygen atoms in total. The van der Waals surface area contributed by atoms with Crippen molar-refractivity contribution < 1.29 is 9.53 Å². The summed E-state index contributed by atoms with van der Waals surface area (Å²) in [4.78, 5) is 17.7. The number of benzene rings is 2. The second-order valence-corrected chi connectivity index (χ2v) is 7.39. The number of ether oxygens (including phenoxy) is 1. The van der Waals surface area contributed by atoms with Crippen LogP contribution in [-0.4, -0.2) is 27.2 Å². The van der Waals surface area contributed by atoms with Gasteiger partial charge in [0.15, 0.2) is 5.78 Å². The summed E-state index contributed by atoms with van der Waals surface area (Å²) in [6, 6.07) is 17.9. The molecule has 0 fully saturated rings. The second-order valence-electron chi connectivity index (χ2n) is 7.39. The zero-order chi connectivity index (χ0) is 19.8. The first-order valence-electron chi connectivity index (χ1n) is 9.95. The van der Waals surface area contributed by atoms with Gasteiger partial charge in [0, 0.05) is 17.7 Å². The first kappa shape index (κ1) is 17.7. The van der Waals surface area contributed by atoms with Gasteiger partial charge in [-0.15, -0.1) is 0 Å². The van der Waals surface area contributed by atoms with Crippen LogP contribution in [0.1, 0.15) is 42.9 Å². The van der Waals surface area contributed by atoms with Crippen molar-refractivity contribution in [1.29, 1.82) is 0 Å². The van der Waals surface area contributed by atoms with Crippen LogP contribution in [-0.2, 0) is 4.79 Å². The van der Waals surface area contributed by atoms with Gasteiger partial charge in [0.05, 0.1) is 6.61 Å². The number of hydrogen-bond donors (Lipinski definition) is 1. The van der Waals surface area contributed by atoms with Crippen LogP contribution in [0.25, 0.3) is 0 Å². The lowest BCUT2D eigenvalue weighted by molar-refractivity contribution is -0.116. The van der Waals surface area contributed by atoms with Crippen LogP contribution in [0.15, 0.2) is 72.2 Å². The number of fused-ring (bicyclic) bond motifs is 1. The van der Waals surface area contributed by atoms with Crippen LogP contribution in [0.4, 0.5) is 5.95 Å². The third-order valence-electron chi connectivity index (χ3n) is 5.64. The summed E-state index contributed by atoms with van der Waals surface area (Å²) < 4.78 is 7.37. The summed E-state index contributed by atoms with van der Waals surface area (Å²) in [6.45, 7) is 2.58. The number of rotatable bonds is 4. The summed E-state index contributed by atoms with van der Waals surface area (Å²) in [5, 5.41) is 7.77. The minimum atomic E-state index is -0.274. The molecular formula is C23H22N4O2. The Hall–Kier alpha value is -3.41. The predicted molar refractivity (Wildman–Crippen MR) is 110 cm³/mol. The van der Waals surface area contributed by atoms with Crippen molar-refractivity contribution in [2.45, 2.75) is 31.7 Å². The average Bonchev–Trinajstić information content (AvgIpc) is 3.22. The lowest BCUT2D eigenvalue weighted by atomic mass is 9.78. The van der Waals surface area contributed by atoms with E-state index in [9.17, 15) is 4.79 Å². The summed E-state index contributed by atoms with van der Waals surface area (Å²) in [6.07, 6.45) is 2.81. The summed E-state index contributed by atoms with van der Waals surface area (Å²) in [5.41, 5.74) is 3.94. The van der Waals surface area contributed by atoms with Crippen LogP contribution in [0.5, 0.6) is 5.75 Å². The van der Waals surface area contributed by atoms with Crippen molar-refractivity contribution in [3.05, 3.63) is 83.3 Å². The molecular weight excluding hydrogens is 364 g/mol. The molecule has 6 heteroatoms. The van der Waals surface area contributed by atoms with E-state index >= 15 is 0 Å². The van der Waals surface area contributed by atoms with Gasteiger partial charge in [0.25, 0.3) is 0 Å². The maximum Gasteiger partial charge on any atom is 0.226 e. The van der Waals surface area contributed by atoms with Crippen molar-refractivity contribution in [3.63, 3.8) is 0 Å². The Morgan fingerprint density at radius 3 is 2.62 bits per heavy atom. The van der Waals surface area contributed by atoms with Crippen molar-refractivity contribution in [2.75, 3.05) is 11.9 Å². The number of Topliss-reactive ketones (excluding diaryl/α,β-unsaturated/α-hetero) is 1. The highest BCUT2D eigenvalue weighted by Crippen LogP contribution is 2.43. The summed E-state index contributed by atoms with van der Waals surface area (Å²) >= 11 is 0. The maximum absolute atomic E-state index is 13.3. The summed E-state index contributed by atoms with van der Waals surface area (Å²) in [7, 11) is 0. The number of nitrogens with one attached hydrogen (secondary N) is 1. The minimum Gasteiger partial charge on any atom is -0.494 e. The van der Waals surface area contributed by atoms with Gasteiger partial charge in [0.1, 0.15) is 18.1 Å². The molecule has 0 amide bonds. The molecule has 1 aromatic heterocycles. The van der Waals surface area contributed by atoms with Gasteiger partial charge in [-0.1, -0.05) is 42.5 Å². The number of carbonyl (C=O) groups is 1. The predicted octanol–water partition coefficient (Wildman–Crippen LogP) is 4.09. The van der Waals surface area contributed by atoms with Crippen LogP contribution in [0.3, 0.4) is 0 Å². The zero-order valence-corrected chi connectivity index (χ0v) is 16.2. The fraction of sp³-hybridized carbons (Fsp3) is 0.261. The molecule has 1 aliphatic heterocycles. The first-order valence-corrected chi connectivity index (χ1v) is 9.95. The van der Waals surface area contributed by atoms with Gasteiger partial charge in [-0.2, -0.15) is 10.1 Å². The van der Waals surface area contributed by atoms with Crippen molar-refractivity contribution in [1.82, 2.24) is 14.8 Å². The fourth-order valence-electron chi connectivity index (χ4n) is 4.33. The maximum atomic E-state index is 13.3. The highest BCUT2D eigenvalue weighted by atomic mass is 16.5. The molecule has 0 radical (unpaired) electrons. The highest BCUT2D eigenvalue weighted by molar-refractivity contribution is 6.00. The SMILES string of the molecule is CCOc1ccc([C@@H]2C3=C(C[C@H](c4ccccc4)CC3=O)Nc3ncnn32)cc1. The van der Waals surface area contributed by atoms with Crippen molar-refractivity contribution in [3.8, 4) is 5.75 Å². The molecule has 29 heavy (non-hydrogen) atoms. The van der Waals surface area contributed by atoms with Gasteiger partial charge in [0.2, 0.25) is 5.95 Å². The molecule has 2 aliphatic rings. The lowest BCUT2D eigenvalue weighted by Crippen LogP contribution is -2.33. The third-order valence-corrected chi connectivity index (χ3v) is 5.64. The van der Waals surface area contributed by atoms with Crippen LogP contribution >= 0.6 is 0 Å². The molecule has 0 saturated carbocycles. The quantitative estimate of drug-likeness (QED) is 0.731. The van der Waals surface area contributed by atoms with E-state index in [4.69, 9.17) is 4.74 Å². The smallest absolute Gasteiger partial charge is 0.226 e. The van der Waals surface area contributed by atoms with E-state index in [1.807, 2.05) is 49.4 Å². The molecule has 1 N–H and O–H groups in total. The fourth-order valence-corrected chi connectivity index (χ4v) is 4.33. The molecule has 0 bridgehead atoms. The van der Waals surface area contributed by atoms with E-state index in [0.29, 0.717) is 19.0 Å². The Morgan fingerprint density at radius 2 is 1.86 bits per heavy atom. The number of ketones is 1. The van der Waals surface area contributed by atoms with Gasteiger partial charge in [-0.3, -0.25) is 4.79 Å². The second kappa shape index (κ2) is 7.20. The van der Waals surface area contributed by atoms with Crippen LogP contribution in [0, 0.1) is 0 Å². The largest absolute Gasteiger partial charge is 0.494 e. The minimum absolute atomic E-state index is 0.160. The first-order chi connectivity index (χ1) is 14.2. The van der Waals surface area contributed by atoms with Gasteiger partial charge in [-0.05, 0) is 42.5 Å². The number of nitrogens with zero attached hydrogens (tertiary/aromatic N) is 3. The standard InChI is InChI=1S/C23H22N4O2/c1-2-29-18-10-8-16(9-11-18)22-21-19(26-23-24-14-25-27(22)23)12-17(13-20(21)28)15-6-4-3-5-7-15/h3-11,14,17,22H,2,12-13H2,1H3,(H,24,25,26)/t17-,22+/m0/s1. The van der Waals surface area contributed by atoms with E-state index in [2.05, 4.69) is 27.5 Å². The van der Waals surface area contributed by atoms with Gasteiger partial charge in [-0.25, -0.2) is 4.68 Å². The van der Waals surface area contributed by atoms with Gasteiger partial charge >= 0.3 is 0 Å². The molecule has 2 atom stereocenters. The molecule has 146 valence electrons. The Labute approximate surface area is 169 Å². The van der Waals surface area contributed by atoms with E-state index in [1.54, 1.807) is 4.68 Å². The average molecular weight is 386 g/mol. The number of allylic oxidation sites excluding steroid dienone is 2. The van der Waals surface area contributed by atoms with Gasteiger partial charge < -0.3 is 10.1 Å². The van der Waals surface area contributed by atoms with Crippen molar-refractivity contribution >= 4 is 11.7 Å². The van der Waals surface area contributed by atoms with E-state index in [-0.39, 0.29) is 17.7 Å². The Kier molecular flexibility index (Phi) is 4.39. The molecule has 5 rings (SSSR count). The topological polar surface area (TPSA) is 69.0 Å². The summed E-state index contributed by atoms with van der Waals surface area (Å²) in [5.74, 6) is 1.82. The van der Waals surface area contributed by atoms with Crippen molar-refractivity contribution in [2.24, 2.45) is 0 Å². The molecule has 3 aromatic rings. The highest BCUT2D eigenvalue weighted by Gasteiger charge is 2.39. The van der Waals surface area contributed by atoms with Crippen LogP contribution in [0.2, 0.25) is 0 Å². The molecule has 2 aromatic carbocycles. The van der Waals surface area contributed by atoms with Crippen LogP contribution < -0.4 is 10.1 Å². The number of anilines is 1.